The first kappa shape index (κ1) is 16.5. The largest absolute Gasteiger partial charge is 0.394 e. The molecule has 0 spiro atoms. The fraction of sp³-hybridized carbons (Fsp3) is 1.00. The molecule has 3 heterocycles. The van der Waals surface area contributed by atoms with Crippen molar-refractivity contribution in [3.63, 3.8) is 0 Å². The average molecular weight is 322 g/mol. The molecule has 9 heteroatoms. The molecule has 0 unspecified atom stereocenters. The highest BCUT2D eigenvalue weighted by atomic mass is 16.7. The van der Waals surface area contributed by atoms with Crippen LogP contribution < -0.4 is 0 Å². The Morgan fingerprint density at radius 2 is 1.45 bits per heavy atom. The van der Waals surface area contributed by atoms with E-state index in [4.69, 9.17) is 14.2 Å². The lowest BCUT2D eigenvalue weighted by molar-refractivity contribution is -0.249. The van der Waals surface area contributed by atoms with Gasteiger partial charge in [-0.15, -0.1) is 0 Å². The van der Waals surface area contributed by atoms with Crippen LogP contribution in [0.4, 0.5) is 0 Å². The SMILES string of the molecule is OC[C@H]1O[C@@H](C[C@H]2[C@H](O)[C@@H](O)[C@@H]3OC[C@H]2O3)[C@@H](O)[C@@H](O)[C@@H]1O. The monoisotopic (exact) mass is 322 g/mol. The van der Waals surface area contributed by atoms with Crippen molar-refractivity contribution >= 4 is 0 Å². The summed E-state index contributed by atoms with van der Waals surface area (Å²) < 4.78 is 16.1. The molecule has 3 aliphatic rings. The molecular formula is C13H22O9. The third-order valence-electron chi connectivity index (χ3n) is 4.77. The fourth-order valence-electron chi connectivity index (χ4n) is 3.41. The maximum absolute atomic E-state index is 10.2. The number of hydrogen-bond donors (Lipinski definition) is 6. The zero-order valence-electron chi connectivity index (χ0n) is 11.8. The van der Waals surface area contributed by atoms with Gasteiger partial charge < -0.3 is 44.8 Å². The third-order valence-corrected chi connectivity index (χ3v) is 4.77. The molecule has 3 aliphatic heterocycles. The highest BCUT2D eigenvalue weighted by molar-refractivity contribution is 4.98. The molecule has 128 valence electrons. The minimum Gasteiger partial charge on any atom is -0.394 e. The second kappa shape index (κ2) is 6.27. The lowest BCUT2D eigenvalue weighted by Gasteiger charge is -2.43. The first-order valence-electron chi connectivity index (χ1n) is 7.37. The van der Waals surface area contributed by atoms with E-state index in [0.717, 1.165) is 0 Å². The van der Waals surface area contributed by atoms with Gasteiger partial charge in [0.25, 0.3) is 0 Å². The lowest BCUT2D eigenvalue weighted by atomic mass is 9.82. The van der Waals surface area contributed by atoms with Crippen LogP contribution in [0, 0.1) is 5.92 Å². The Balaban J connectivity index is 1.71. The summed E-state index contributed by atoms with van der Waals surface area (Å²) in [6.45, 7) is -0.302. The zero-order chi connectivity index (χ0) is 16.0. The molecule has 3 fully saturated rings. The molecule has 22 heavy (non-hydrogen) atoms. The Labute approximate surface area is 126 Å². The molecule has 9 nitrogen and oxygen atoms in total. The van der Waals surface area contributed by atoms with Gasteiger partial charge in [-0.25, -0.2) is 0 Å². The van der Waals surface area contributed by atoms with Gasteiger partial charge >= 0.3 is 0 Å². The predicted molar refractivity (Wildman–Crippen MR) is 68.5 cm³/mol. The van der Waals surface area contributed by atoms with Crippen molar-refractivity contribution in [1.29, 1.82) is 0 Å². The second-order valence-corrected chi connectivity index (χ2v) is 6.12. The normalized spacial score (nSPS) is 55.4. The molecule has 2 bridgehead atoms. The van der Waals surface area contributed by atoms with E-state index in [9.17, 15) is 30.6 Å². The van der Waals surface area contributed by atoms with Crippen molar-refractivity contribution in [2.75, 3.05) is 13.2 Å². The highest BCUT2D eigenvalue weighted by Crippen LogP contribution is 2.37. The number of hydrogen-bond acceptors (Lipinski definition) is 9. The Morgan fingerprint density at radius 1 is 0.773 bits per heavy atom. The summed E-state index contributed by atoms with van der Waals surface area (Å²) in [6.07, 6.45) is -9.70. The fourth-order valence-corrected chi connectivity index (χ4v) is 3.41. The summed E-state index contributed by atoms with van der Waals surface area (Å²) in [5.74, 6) is -0.560. The standard InChI is InChI=1S/C13H22O9/c14-2-6-10(17)11(18)9(16)5(21-6)1-4-7-3-20-13(22-7)12(19)8(4)15/h4-19H,1-3H2/t4-,5+,6-,7-,8+,9-,10-,11-,12-,13-/m1/s1. The predicted octanol–water partition coefficient (Wildman–Crippen LogP) is -3.69. The van der Waals surface area contributed by atoms with Gasteiger partial charge in [0, 0.05) is 5.92 Å². The summed E-state index contributed by atoms with van der Waals surface area (Å²) in [4.78, 5) is 0. The highest BCUT2D eigenvalue weighted by Gasteiger charge is 2.52. The molecule has 0 amide bonds. The minimum atomic E-state index is -1.46. The van der Waals surface area contributed by atoms with Crippen LogP contribution in [0.2, 0.25) is 0 Å². The lowest BCUT2D eigenvalue weighted by Crippen LogP contribution is -2.60. The van der Waals surface area contributed by atoms with Gasteiger partial charge in [-0.1, -0.05) is 0 Å². The number of aliphatic hydroxyl groups is 6. The number of rotatable bonds is 3. The van der Waals surface area contributed by atoms with Crippen LogP contribution in [-0.2, 0) is 14.2 Å². The number of fused-ring (bicyclic) bond motifs is 2. The van der Waals surface area contributed by atoms with Gasteiger partial charge in [0.1, 0.15) is 30.5 Å². The number of ether oxygens (including phenoxy) is 3. The van der Waals surface area contributed by atoms with Crippen molar-refractivity contribution in [3.8, 4) is 0 Å². The Hall–Kier alpha value is -0.360. The summed E-state index contributed by atoms with van der Waals surface area (Å²) in [5.41, 5.74) is 0. The summed E-state index contributed by atoms with van der Waals surface area (Å²) in [7, 11) is 0. The van der Waals surface area contributed by atoms with Gasteiger partial charge in [-0.3, -0.25) is 0 Å². The minimum absolute atomic E-state index is 0.0838. The first-order valence-corrected chi connectivity index (χ1v) is 7.37. The maximum atomic E-state index is 10.2. The third kappa shape index (κ3) is 2.66. The van der Waals surface area contributed by atoms with E-state index in [-0.39, 0.29) is 13.0 Å². The van der Waals surface area contributed by atoms with Crippen molar-refractivity contribution in [3.05, 3.63) is 0 Å². The molecule has 10 atom stereocenters. The van der Waals surface area contributed by atoms with Gasteiger partial charge in [0.2, 0.25) is 0 Å². The van der Waals surface area contributed by atoms with E-state index in [2.05, 4.69) is 0 Å². The van der Waals surface area contributed by atoms with Crippen LogP contribution in [-0.4, -0.2) is 99.0 Å². The summed E-state index contributed by atoms with van der Waals surface area (Å²) in [6, 6.07) is 0. The van der Waals surface area contributed by atoms with Gasteiger partial charge in [-0.2, -0.15) is 0 Å². The Bertz CT molecular complexity index is 392. The van der Waals surface area contributed by atoms with E-state index >= 15 is 0 Å². The molecule has 0 radical (unpaired) electrons. The van der Waals surface area contributed by atoms with Crippen molar-refractivity contribution in [2.24, 2.45) is 5.92 Å². The van der Waals surface area contributed by atoms with Crippen molar-refractivity contribution < 1.29 is 44.8 Å². The molecule has 6 N–H and O–H groups in total. The molecule has 3 saturated heterocycles. The molecule has 0 aliphatic carbocycles. The molecule has 0 aromatic rings. The first-order chi connectivity index (χ1) is 10.4. The van der Waals surface area contributed by atoms with Crippen LogP contribution in [0.3, 0.4) is 0 Å². The van der Waals surface area contributed by atoms with Crippen LogP contribution in [0.15, 0.2) is 0 Å². The molecule has 0 aromatic heterocycles. The van der Waals surface area contributed by atoms with Gasteiger partial charge in [0.05, 0.1) is 31.5 Å². The van der Waals surface area contributed by atoms with Crippen molar-refractivity contribution in [2.45, 2.75) is 61.5 Å². The average Bonchev–Trinajstić information content (AvgIpc) is 2.96. The smallest absolute Gasteiger partial charge is 0.186 e. The molecule has 0 saturated carbocycles. The molecule has 3 rings (SSSR count). The summed E-state index contributed by atoms with van der Waals surface area (Å²) >= 11 is 0. The van der Waals surface area contributed by atoms with Gasteiger partial charge in [-0.05, 0) is 6.42 Å². The molecular weight excluding hydrogens is 300 g/mol. The zero-order valence-corrected chi connectivity index (χ0v) is 11.8. The Kier molecular flexibility index (Phi) is 4.70. The Morgan fingerprint density at radius 3 is 2.14 bits per heavy atom. The van der Waals surface area contributed by atoms with Crippen LogP contribution >= 0.6 is 0 Å². The summed E-state index contributed by atoms with van der Waals surface area (Å²) in [5, 5.41) is 58.8. The molecule has 0 aromatic carbocycles. The van der Waals surface area contributed by atoms with Crippen LogP contribution in [0.25, 0.3) is 0 Å². The maximum Gasteiger partial charge on any atom is 0.186 e. The van der Waals surface area contributed by atoms with E-state index in [1.807, 2.05) is 0 Å². The van der Waals surface area contributed by atoms with Crippen LogP contribution in [0.1, 0.15) is 6.42 Å². The van der Waals surface area contributed by atoms with E-state index in [0.29, 0.717) is 0 Å². The quantitative estimate of drug-likeness (QED) is 0.309. The van der Waals surface area contributed by atoms with E-state index < -0.39 is 67.6 Å². The number of aliphatic hydroxyl groups excluding tert-OH is 6. The van der Waals surface area contributed by atoms with E-state index in [1.165, 1.54) is 0 Å². The second-order valence-electron chi connectivity index (χ2n) is 6.12. The van der Waals surface area contributed by atoms with Crippen LogP contribution in [0.5, 0.6) is 0 Å². The van der Waals surface area contributed by atoms with Gasteiger partial charge in [0.15, 0.2) is 6.29 Å². The van der Waals surface area contributed by atoms with Crippen molar-refractivity contribution in [1.82, 2.24) is 0 Å². The van der Waals surface area contributed by atoms with E-state index in [1.54, 1.807) is 0 Å². The topological polar surface area (TPSA) is 149 Å².